The van der Waals surface area contributed by atoms with Crippen molar-refractivity contribution in [3.63, 3.8) is 0 Å². The maximum Gasteiger partial charge on any atom is 0.534 e. The molecule has 0 aromatic heterocycles. The molecule has 0 aliphatic rings. The summed E-state index contributed by atoms with van der Waals surface area (Å²) in [4.78, 5) is 0. The Labute approximate surface area is 83.5 Å². The van der Waals surface area contributed by atoms with Crippen LogP contribution < -0.4 is 0 Å². The summed E-state index contributed by atoms with van der Waals surface area (Å²) in [7, 11) is 0. The summed E-state index contributed by atoms with van der Waals surface area (Å²) >= 11 is 0.0689. The van der Waals surface area contributed by atoms with Crippen molar-refractivity contribution >= 4 is 12.0 Å². The summed E-state index contributed by atoms with van der Waals surface area (Å²) in [5.74, 6) is 2.51. The van der Waals surface area contributed by atoms with Crippen LogP contribution in [0.4, 0.5) is 13.2 Å². The van der Waals surface area contributed by atoms with Crippen LogP contribution in [0, 0.1) is 11.2 Å². The third kappa shape index (κ3) is 4.80. The highest BCUT2D eigenvalue weighted by Crippen LogP contribution is 2.22. The fraction of sp³-hybridized carbons (Fsp3) is 0.111. The van der Waals surface area contributed by atoms with E-state index in [-0.39, 0.29) is 12.0 Å². The molecule has 0 amide bonds. The van der Waals surface area contributed by atoms with Crippen molar-refractivity contribution in [2.45, 2.75) is 6.36 Å². The van der Waals surface area contributed by atoms with Gasteiger partial charge in [0.2, 0.25) is 0 Å². The van der Waals surface area contributed by atoms with Crippen molar-refractivity contribution in [3.05, 3.63) is 35.9 Å². The van der Waals surface area contributed by atoms with E-state index in [1.54, 1.807) is 30.3 Å². The van der Waals surface area contributed by atoms with Crippen LogP contribution in [0.5, 0.6) is 0 Å². The van der Waals surface area contributed by atoms with Gasteiger partial charge in [0, 0.05) is 10.8 Å². The van der Waals surface area contributed by atoms with Crippen LogP contribution in [-0.2, 0) is 4.18 Å². The quantitative estimate of drug-likeness (QED) is 0.529. The molecule has 0 saturated carbocycles. The molecule has 1 nitrogen and oxygen atoms in total. The van der Waals surface area contributed by atoms with Gasteiger partial charge in [0.1, 0.15) is 0 Å². The molecular weight excluding hydrogens is 213 g/mol. The summed E-state index contributed by atoms with van der Waals surface area (Å²) in [5.41, 5.74) is 0.644. The number of rotatable bonds is 1. The van der Waals surface area contributed by atoms with Gasteiger partial charge >= 0.3 is 6.36 Å². The monoisotopic (exact) mass is 218 g/mol. The highest BCUT2D eigenvalue weighted by atomic mass is 32.2. The summed E-state index contributed by atoms with van der Waals surface area (Å²) in [6.45, 7) is 0. The van der Waals surface area contributed by atoms with Gasteiger partial charge in [0.15, 0.2) is 0 Å². The van der Waals surface area contributed by atoms with Gasteiger partial charge in [-0.2, -0.15) is 0 Å². The van der Waals surface area contributed by atoms with Crippen LogP contribution in [0.15, 0.2) is 30.3 Å². The molecule has 0 bridgehead atoms. The third-order valence-corrected chi connectivity index (χ3v) is 1.60. The minimum atomic E-state index is -4.64. The van der Waals surface area contributed by atoms with Gasteiger partial charge in [-0.15, -0.1) is 13.2 Å². The van der Waals surface area contributed by atoms with E-state index >= 15 is 0 Å². The minimum Gasteiger partial charge on any atom is -0.207 e. The van der Waals surface area contributed by atoms with Crippen molar-refractivity contribution in [2.24, 2.45) is 0 Å². The zero-order valence-electron chi connectivity index (χ0n) is 6.84. The molecule has 0 aliphatic heterocycles. The molecule has 0 fully saturated rings. The SMILES string of the molecule is FC(F)(F)OSC#Cc1ccccc1. The Morgan fingerprint density at radius 1 is 1.14 bits per heavy atom. The van der Waals surface area contributed by atoms with Crippen molar-refractivity contribution in [1.29, 1.82) is 0 Å². The van der Waals surface area contributed by atoms with Crippen LogP contribution in [0.25, 0.3) is 0 Å². The molecule has 0 spiro atoms. The van der Waals surface area contributed by atoms with Crippen LogP contribution in [0.1, 0.15) is 5.56 Å². The van der Waals surface area contributed by atoms with E-state index in [0.29, 0.717) is 5.56 Å². The zero-order chi connectivity index (χ0) is 10.4. The van der Waals surface area contributed by atoms with Crippen molar-refractivity contribution in [2.75, 3.05) is 0 Å². The molecule has 0 atom stereocenters. The topological polar surface area (TPSA) is 9.23 Å². The molecule has 1 aromatic carbocycles. The smallest absolute Gasteiger partial charge is 0.207 e. The molecule has 1 aromatic rings. The van der Waals surface area contributed by atoms with Gasteiger partial charge in [-0.3, -0.25) is 0 Å². The lowest BCUT2D eigenvalue weighted by atomic mass is 10.2. The summed E-state index contributed by atoms with van der Waals surface area (Å²) in [6.07, 6.45) is -4.64. The molecule has 0 unspecified atom stereocenters. The maximum absolute atomic E-state index is 11.5. The second-order valence-corrected chi connectivity index (χ2v) is 2.74. The number of hydrogen-bond acceptors (Lipinski definition) is 2. The second-order valence-electron chi connectivity index (χ2n) is 2.21. The second kappa shape index (κ2) is 4.94. The van der Waals surface area contributed by atoms with E-state index in [1.165, 1.54) is 0 Å². The summed E-state index contributed by atoms with van der Waals surface area (Å²) < 4.78 is 37.8. The van der Waals surface area contributed by atoms with Gasteiger partial charge in [-0.1, -0.05) is 24.1 Å². The lowest BCUT2D eigenvalue weighted by molar-refractivity contribution is -0.266. The average Bonchev–Trinajstić information content (AvgIpc) is 2.13. The first-order chi connectivity index (χ1) is 6.58. The number of benzene rings is 1. The molecule has 5 heteroatoms. The van der Waals surface area contributed by atoms with E-state index in [1.807, 2.05) is 0 Å². The molecule has 0 radical (unpaired) electrons. The van der Waals surface area contributed by atoms with E-state index in [9.17, 15) is 13.2 Å². The van der Waals surface area contributed by atoms with Crippen LogP contribution in [-0.4, -0.2) is 6.36 Å². The van der Waals surface area contributed by atoms with Gasteiger partial charge < -0.3 is 0 Å². The largest absolute Gasteiger partial charge is 0.534 e. The predicted molar refractivity (Wildman–Crippen MR) is 48.1 cm³/mol. The minimum absolute atomic E-state index is 0.0689. The van der Waals surface area contributed by atoms with Gasteiger partial charge in [-0.05, 0) is 12.1 Å². The molecular formula is C9H5F3OS. The van der Waals surface area contributed by atoms with Crippen LogP contribution >= 0.6 is 12.0 Å². The van der Waals surface area contributed by atoms with E-state index in [4.69, 9.17) is 0 Å². The van der Waals surface area contributed by atoms with Crippen molar-refractivity contribution in [3.8, 4) is 11.2 Å². The Kier molecular flexibility index (Phi) is 3.86. The highest BCUT2D eigenvalue weighted by molar-refractivity contribution is 7.99. The normalized spacial score (nSPS) is 10.5. The van der Waals surface area contributed by atoms with E-state index in [2.05, 4.69) is 15.4 Å². The number of alkyl halides is 3. The first-order valence-electron chi connectivity index (χ1n) is 3.55. The number of hydrogen-bond donors (Lipinski definition) is 0. The fourth-order valence-corrected chi connectivity index (χ4v) is 0.965. The number of halogens is 3. The van der Waals surface area contributed by atoms with E-state index in [0.717, 1.165) is 0 Å². The Bertz CT molecular complexity index is 337. The molecule has 0 saturated heterocycles. The van der Waals surface area contributed by atoms with Crippen LogP contribution in [0.2, 0.25) is 0 Å². The zero-order valence-corrected chi connectivity index (χ0v) is 7.65. The molecule has 0 aliphatic carbocycles. The Hall–Kier alpha value is -1.12. The fourth-order valence-electron chi connectivity index (χ4n) is 0.669. The Morgan fingerprint density at radius 3 is 2.36 bits per heavy atom. The molecule has 0 heterocycles. The predicted octanol–water partition coefficient (Wildman–Crippen LogP) is 3.18. The van der Waals surface area contributed by atoms with Crippen molar-refractivity contribution in [1.82, 2.24) is 0 Å². The van der Waals surface area contributed by atoms with Crippen molar-refractivity contribution < 1.29 is 17.4 Å². The lowest BCUT2D eigenvalue weighted by Crippen LogP contribution is -2.06. The molecule has 0 N–H and O–H groups in total. The molecule has 1 rings (SSSR count). The van der Waals surface area contributed by atoms with E-state index < -0.39 is 6.36 Å². The third-order valence-electron chi connectivity index (χ3n) is 1.15. The summed E-state index contributed by atoms with van der Waals surface area (Å²) in [6, 6.07) is 8.69. The van der Waals surface area contributed by atoms with Gasteiger partial charge in [-0.25, -0.2) is 4.18 Å². The molecule has 74 valence electrons. The Morgan fingerprint density at radius 2 is 1.79 bits per heavy atom. The lowest BCUT2D eigenvalue weighted by Gasteiger charge is -1.99. The maximum atomic E-state index is 11.5. The molecule has 14 heavy (non-hydrogen) atoms. The van der Waals surface area contributed by atoms with Gasteiger partial charge in [0.25, 0.3) is 0 Å². The highest BCUT2D eigenvalue weighted by Gasteiger charge is 2.29. The summed E-state index contributed by atoms with van der Waals surface area (Å²) in [5, 5.41) is 2.18. The van der Waals surface area contributed by atoms with Crippen LogP contribution in [0.3, 0.4) is 0 Å². The average molecular weight is 218 g/mol. The standard InChI is InChI=1S/C9H5F3OS/c10-9(11,12)13-14-7-6-8-4-2-1-3-5-8/h1-5H. The Balaban J connectivity index is 2.42. The van der Waals surface area contributed by atoms with Gasteiger partial charge in [0.05, 0.1) is 12.0 Å². The first kappa shape index (κ1) is 11.0. The first-order valence-corrected chi connectivity index (χ1v) is 4.29.